The zero-order valence-corrected chi connectivity index (χ0v) is 21.5. The summed E-state index contributed by atoms with van der Waals surface area (Å²) in [4.78, 5) is 0. The maximum absolute atomic E-state index is 9.57. The molecule has 0 atom stereocenters. The molecule has 28 heavy (non-hydrogen) atoms. The Balaban J connectivity index is 4.42. The number of unbranched alkanes of at least 4 members (excludes halogenated alkanes) is 15. The fourth-order valence-electron chi connectivity index (χ4n) is 4.31. The van der Waals surface area contributed by atoms with Crippen LogP contribution < -0.4 is 0 Å². The quantitative estimate of drug-likeness (QED) is 0.0978. The van der Waals surface area contributed by atoms with E-state index in [4.69, 9.17) is 0 Å². The first-order chi connectivity index (χ1) is 13.7. The molecule has 0 N–H and O–H groups in total. The van der Waals surface area contributed by atoms with Gasteiger partial charge in [-0.25, -0.2) is 0 Å². The van der Waals surface area contributed by atoms with E-state index in [0.717, 1.165) is 0 Å². The fraction of sp³-hybridized carbons (Fsp3) is 0.960. The average Bonchev–Trinajstić information content (AvgIpc) is 2.70. The molecule has 0 spiro atoms. The van der Waals surface area contributed by atoms with E-state index < -0.39 is 7.22 Å². The topological polar surface area (TPSA) is 23.8 Å². The molecule has 166 valence electrons. The second-order valence-electron chi connectivity index (χ2n) is 8.93. The molecule has 0 rings (SSSR count). The summed E-state index contributed by atoms with van der Waals surface area (Å²) < 4.78 is 0. The molecule has 0 aliphatic carbocycles. The first-order valence-corrected chi connectivity index (χ1v) is 17.0. The van der Waals surface area contributed by atoms with Crippen LogP contribution in [0.25, 0.3) is 0 Å². The lowest BCUT2D eigenvalue weighted by Crippen LogP contribution is -2.29. The van der Waals surface area contributed by atoms with Crippen molar-refractivity contribution in [2.45, 2.75) is 154 Å². The number of nitriles is 1. The monoisotopic (exact) mass is 425 g/mol. The van der Waals surface area contributed by atoms with Gasteiger partial charge in [0.25, 0.3) is 0 Å². The van der Waals surface area contributed by atoms with Gasteiger partial charge < -0.3 is 0 Å². The molecule has 0 aromatic heterocycles. The van der Waals surface area contributed by atoms with Gasteiger partial charge in [-0.2, -0.15) is 5.26 Å². The third-order valence-corrected chi connectivity index (χ3v) is 13.9. The van der Waals surface area contributed by atoms with Gasteiger partial charge in [0.2, 0.25) is 0 Å². The van der Waals surface area contributed by atoms with Crippen LogP contribution in [0.3, 0.4) is 0 Å². The third-order valence-electron chi connectivity index (χ3n) is 6.22. The Morgan fingerprint density at radius 3 is 1.07 bits per heavy atom. The molecule has 0 bridgehead atoms. The van der Waals surface area contributed by atoms with Crippen molar-refractivity contribution in [3.05, 3.63) is 0 Å². The van der Waals surface area contributed by atoms with Gasteiger partial charge in [-0.05, 0) is 18.1 Å². The van der Waals surface area contributed by atoms with Crippen LogP contribution >= 0.6 is 11.2 Å². The molecule has 1 nitrogen and oxygen atoms in total. The molecule has 0 aromatic rings. The number of rotatable bonds is 22. The lowest BCUT2D eigenvalue weighted by atomic mass is 10.1. The predicted molar refractivity (Wildman–Crippen MR) is 134 cm³/mol. The number of hydrogen-bond donors (Lipinski definition) is 0. The minimum absolute atomic E-state index is 1.33. The van der Waals surface area contributed by atoms with Crippen molar-refractivity contribution in [3.63, 3.8) is 0 Å². The minimum atomic E-state index is -1.45. The van der Waals surface area contributed by atoms with Crippen LogP contribution in [0.1, 0.15) is 136 Å². The first-order valence-electron chi connectivity index (χ1n) is 12.8. The van der Waals surface area contributed by atoms with Gasteiger partial charge in [0, 0.05) is 0 Å². The summed E-state index contributed by atoms with van der Waals surface area (Å²) in [6, 6.07) is 4.21. The van der Waals surface area contributed by atoms with Gasteiger partial charge in [0.15, 0.2) is 0 Å². The van der Waals surface area contributed by atoms with Crippen molar-refractivity contribution >= 4 is 18.4 Å². The summed E-state index contributed by atoms with van der Waals surface area (Å²) in [6.45, 7) is 6.88. The van der Waals surface area contributed by atoms with Crippen LogP contribution in [0, 0.1) is 10.7 Å². The Kier molecular flexibility index (Phi) is 21.8. The van der Waals surface area contributed by atoms with E-state index >= 15 is 0 Å². The van der Waals surface area contributed by atoms with Crippen LogP contribution in [0.15, 0.2) is 0 Å². The maximum Gasteiger partial charge on any atom is 0.136 e. The molecule has 0 aromatic carbocycles. The second-order valence-corrected chi connectivity index (χ2v) is 16.4. The Morgan fingerprint density at radius 1 is 0.500 bits per heavy atom. The Bertz CT molecular complexity index is 312. The van der Waals surface area contributed by atoms with Gasteiger partial charge in [-0.1, -0.05) is 148 Å². The number of nitrogens with zero attached hydrogens (tertiary/aromatic N) is 1. The summed E-state index contributed by atoms with van der Waals surface area (Å²) in [5, 5.41) is 12.1. The first kappa shape index (κ1) is 28.1. The molecule has 0 heterocycles. The van der Waals surface area contributed by atoms with Crippen molar-refractivity contribution in [3.8, 4) is 5.40 Å². The molecule has 0 radical (unpaired) electrons. The van der Waals surface area contributed by atoms with E-state index in [1.807, 2.05) is 0 Å². The van der Waals surface area contributed by atoms with E-state index in [0.29, 0.717) is 0 Å². The Labute approximate surface area is 183 Å². The van der Waals surface area contributed by atoms with E-state index in [1.165, 1.54) is 134 Å². The Hall–Kier alpha value is 0.0569. The minimum Gasteiger partial charge on any atom is -0.186 e. The van der Waals surface area contributed by atoms with Crippen LogP contribution in [0.4, 0.5) is 0 Å². The third kappa shape index (κ3) is 17.0. The molecule has 0 amide bonds. The highest BCUT2D eigenvalue weighted by molar-refractivity contribution is 8.32. The van der Waals surface area contributed by atoms with Crippen molar-refractivity contribution in [1.82, 2.24) is 0 Å². The molecule has 0 unspecified atom stereocenters. The second kappa shape index (κ2) is 21.8. The molecule has 3 heteroatoms. The highest BCUT2D eigenvalue weighted by Gasteiger charge is 2.32. The molecular weight excluding hydrogens is 374 g/mol. The summed E-state index contributed by atoms with van der Waals surface area (Å²) in [7, 11) is -1.45. The van der Waals surface area contributed by atoms with Crippen molar-refractivity contribution < 1.29 is 0 Å². The highest BCUT2D eigenvalue weighted by Crippen LogP contribution is 2.38. The smallest absolute Gasteiger partial charge is 0.136 e. The predicted octanol–water partition coefficient (Wildman–Crippen LogP) is 10.2. The van der Waals surface area contributed by atoms with Crippen molar-refractivity contribution in [2.24, 2.45) is 0 Å². The van der Waals surface area contributed by atoms with E-state index in [-0.39, 0.29) is 0 Å². The summed E-state index contributed by atoms with van der Waals surface area (Å²) >= 11 is 1.77. The maximum atomic E-state index is 9.57. The molecule has 0 fully saturated rings. The lowest BCUT2D eigenvalue weighted by molar-refractivity contribution is 0.609. The van der Waals surface area contributed by atoms with Gasteiger partial charge >= 0.3 is 0 Å². The van der Waals surface area contributed by atoms with Crippen molar-refractivity contribution in [2.75, 3.05) is 0 Å². The van der Waals surface area contributed by atoms with Crippen LogP contribution in [0.5, 0.6) is 0 Å². The fourth-order valence-corrected chi connectivity index (χ4v) is 11.0. The molecular formula is C25H51NSSi. The highest BCUT2D eigenvalue weighted by atomic mass is 32.4. The van der Waals surface area contributed by atoms with Gasteiger partial charge in [-0.3, -0.25) is 0 Å². The normalized spacial score (nSPS) is 11.6. The van der Waals surface area contributed by atoms with Crippen molar-refractivity contribution in [1.29, 1.82) is 5.26 Å². The summed E-state index contributed by atoms with van der Waals surface area (Å²) in [5.74, 6) is 0. The number of thiocyanates is 1. The summed E-state index contributed by atoms with van der Waals surface area (Å²) in [5.41, 5.74) is 0. The largest absolute Gasteiger partial charge is 0.186 e. The number of hydrogen-bond acceptors (Lipinski definition) is 2. The SMILES string of the molecule is CCCCCCCC[Si](CCCCCCCC)(CCCCCCCC)SC#N. The van der Waals surface area contributed by atoms with Crippen LogP contribution in [-0.2, 0) is 0 Å². The van der Waals surface area contributed by atoms with E-state index in [2.05, 4.69) is 26.2 Å². The molecule has 0 saturated carbocycles. The van der Waals surface area contributed by atoms with E-state index in [9.17, 15) is 5.26 Å². The Morgan fingerprint density at radius 2 is 0.786 bits per heavy atom. The average molecular weight is 426 g/mol. The molecule has 0 aliphatic heterocycles. The summed E-state index contributed by atoms with van der Waals surface area (Å²) in [6.07, 6.45) is 25.0. The van der Waals surface area contributed by atoms with Crippen LogP contribution in [-0.4, -0.2) is 7.22 Å². The molecule has 0 aliphatic rings. The molecule has 0 saturated heterocycles. The van der Waals surface area contributed by atoms with Crippen LogP contribution in [0.2, 0.25) is 18.1 Å². The van der Waals surface area contributed by atoms with Gasteiger partial charge in [-0.15, -0.1) is 0 Å². The van der Waals surface area contributed by atoms with Gasteiger partial charge in [0.1, 0.15) is 12.6 Å². The van der Waals surface area contributed by atoms with Gasteiger partial charge in [0.05, 0.1) is 0 Å². The zero-order valence-electron chi connectivity index (χ0n) is 19.7. The van der Waals surface area contributed by atoms with E-state index in [1.54, 1.807) is 11.2 Å². The zero-order chi connectivity index (χ0) is 20.8. The standard InChI is InChI=1S/C25H51NSSi/c1-4-7-10-13-16-19-22-28(27-25-26,23-20-17-14-11-8-5-2)24-21-18-15-12-9-6-3/h4-24H2,1-3H3. The lowest BCUT2D eigenvalue weighted by Gasteiger charge is -2.28.